The summed E-state index contributed by atoms with van der Waals surface area (Å²) in [4.78, 5) is 0. The average molecular weight is 293 g/mol. The van der Waals surface area contributed by atoms with Crippen molar-refractivity contribution < 1.29 is 8.42 Å². The minimum absolute atomic E-state index is 0.355. The second-order valence-electron chi connectivity index (χ2n) is 4.71. The number of fused-ring (bicyclic) bond motifs is 1. The van der Waals surface area contributed by atoms with Crippen molar-refractivity contribution in [2.75, 3.05) is 0 Å². The molecule has 5 heteroatoms. The van der Waals surface area contributed by atoms with Crippen LogP contribution in [0.4, 0.5) is 0 Å². The molecule has 2 aromatic rings. The minimum atomic E-state index is -3.36. The SMILES string of the molecule is O=S(=O)(NCc1ccc2c(c1)CCC2)c1cccs1. The fourth-order valence-corrected chi connectivity index (χ4v) is 4.46. The lowest BCUT2D eigenvalue weighted by Crippen LogP contribution is -2.22. The Kier molecular flexibility index (Phi) is 3.43. The molecule has 0 saturated carbocycles. The van der Waals surface area contributed by atoms with Crippen molar-refractivity contribution in [2.45, 2.75) is 30.0 Å². The van der Waals surface area contributed by atoms with Gasteiger partial charge in [-0.2, -0.15) is 0 Å². The third kappa shape index (κ3) is 2.73. The highest BCUT2D eigenvalue weighted by Gasteiger charge is 2.15. The lowest BCUT2D eigenvalue weighted by atomic mass is 10.1. The minimum Gasteiger partial charge on any atom is -0.206 e. The second kappa shape index (κ2) is 5.07. The summed E-state index contributed by atoms with van der Waals surface area (Å²) in [6.45, 7) is 0.355. The Morgan fingerprint density at radius 2 is 2.00 bits per heavy atom. The third-order valence-electron chi connectivity index (χ3n) is 3.39. The molecular weight excluding hydrogens is 278 g/mol. The van der Waals surface area contributed by atoms with Gasteiger partial charge in [0.25, 0.3) is 0 Å². The molecule has 0 unspecified atom stereocenters. The molecule has 0 amide bonds. The number of thiophene rings is 1. The first kappa shape index (κ1) is 12.8. The summed E-state index contributed by atoms with van der Waals surface area (Å²) in [5.74, 6) is 0. The van der Waals surface area contributed by atoms with E-state index in [1.165, 1.54) is 28.9 Å². The van der Waals surface area contributed by atoms with Crippen LogP contribution in [0.5, 0.6) is 0 Å². The number of rotatable bonds is 4. The topological polar surface area (TPSA) is 46.2 Å². The summed E-state index contributed by atoms with van der Waals surface area (Å²) in [6.07, 6.45) is 3.47. The zero-order chi connectivity index (χ0) is 13.3. The van der Waals surface area contributed by atoms with E-state index in [0.717, 1.165) is 18.4 Å². The van der Waals surface area contributed by atoms with Crippen LogP contribution in [-0.4, -0.2) is 8.42 Å². The average Bonchev–Trinajstić information content (AvgIpc) is 3.07. The Balaban J connectivity index is 1.73. The predicted molar refractivity (Wildman–Crippen MR) is 76.8 cm³/mol. The number of nitrogens with one attached hydrogen (secondary N) is 1. The summed E-state index contributed by atoms with van der Waals surface area (Å²) in [5.41, 5.74) is 3.80. The van der Waals surface area contributed by atoms with Crippen molar-refractivity contribution in [3.05, 3.63) is 52.4 Å². The molecule has 1 heterocycles. The highest BCUT2D eigenvalue weighted by molar-refractivity contribution is 7.91. The van der Waals surface area contributed by atoms with E-state index >= 15 is 0 Å². The number of hydrogen-bond donors (Lipinski definition) is 1. The summed E-state index contributed by atoms with van der Waals surface area (Å²) < 4.78 is 27.0. The Bertz CT molecular complexity index is 675. The van der Waals surface area contributed by atoms with Gasteiger partial charge in [-0.1, -0.05) is 24.3 Å². The van der Waals surface area contributed by atoms with Gasteiger partial charge in [0.2, 0.25) is 10.0 Å². The van der Waals surface area contributed by atoms with Crippen LogP contribution in [0, 0.1) is 0 Å². The maximum atomic E-state index is 12.0. The molecule has 0 radical (unpaired) electrons. The molecule has 1 N–H and O–H groups in total. The summed E-state index contributed by atoms with van der Waals surface area (Å²) in [5, 5.41) is 1.77. The zero-order valence-corrected chi connectivity index (χ0v) is 12.1. The normalized spacial score (nSPS) is 14.5. The Morgan fingerprint density at radius 1 is 1.16 bits per heavy atom. The Hall–Kier alpha value is -1.17. The van der Waals surface area contributed by atoms with Crippen molar-refractivity contribution in [3.63, 3.8) is 0 Å². The maximum Gasteiger partial charge on any atom is 0.250 e. The molecule has 100 valence electrons. The molecule has 0 fully saturated rings. The molecule has 1 aliphatic carbocycles. The van der Waals surface area contributed by atoms with Crippen molar-refractivity contribution in [2.24, 2.45) is 0 Å². The van der Waals surface area contributed by atoms with E-state index in [2.05, 4.69) is 16.9 Å². The van der Waals surface area contributed by atoms with E-state index in [1.807, 2.05) is 6.07 Å². The lowest BCUT2D eigenvalue weighted by Gasteiger charge is -2.07. The zero-order valence-electron chi connectivity index (χ0n) is 10.4. The van der Waals surface area contributed by atoms with Crippen LogP contribution in [0.3, 0.4) is 0 Å². The van der Waals surface area contributed by atoms with Gasteiger partial charge < -0.3 is 0 Å². The molecule has 3 rings (SSSR count). The number of sulfonamides is 1. The monoisotopic (exact) mass is 293 g/mol. The largest absolute Gasteiger partial charge is 0.250 e. The van der Waals surface area contributed by atoms with Crippen LogP contribution in [0.15, 0.2) is 39.9 Å². The van der Waals surface area contributed by atoms with Gasteiger partial charge in [0.1, 0.15) is 4.21 Å². The molecule has 0 saturated heterocycles. The van der Waals surface area contributed by atoms with Crippen LogP contribution in [-0.2, 0) is 29.4 Å². The van der Waals surface area contributed by atoms with E-state index in [1.54, 1.807) is 17.5 Å². The predicted octanol–water partition coefficient (Wildman–Crippen LogP) is 2.72. The summed E-state index contributed by atoms with van der Waals surface area (Å²) in [7, 11) is -3.36. The summed E-state index contributed by atoms with van der Waals surface area (Å²) in [6, 6.07) is 9.63. The van der Waals surface area contributed by atoms with E-state index < -0.39 is 10.0 Å². The smallest absolute Gasteiger partial charge is 0.206 e. The first-order valence-corrected chi connectivity index (χ1v) is 8.65. The fraction of sp³-hybridized carbons (Fsp3) is 0.286. The van der Waals surface area contributed by atoms with Crippen LogP contribution >= 0.6 is 11.3 Å². The highest BCUT2D eigenvalue weighted by Crippen LogP contribution is 2.23. The number of hydrogen-bond acceptors (Lipinski definition) is 3. The van der Waals surface area contributed by atoms with E-state index in [9.17, 15) is 8.42 Å². The van der Waals surface area contributed by atoms with E-state index in [0.29, 0.717) is 10.8 Å². The highest BCUT2D eigenvalue weighted by atomic mass is 32.2. The molecule has 1 aromatic heterocycles. The molecular formula is C14H15NO2S2. The first-order chi connectivity index (χ1) is 9.15. The van der Waals surface area contributed by atoms with Crippen LogP contribution in [0.1, 0.15) is 23.1 Å². The van der Waals surface area contributed by atoms with Gasteiger partial charge >= 0.3 is 0 Å². The number of benzene rings is 1. The van der Waals surface area contributed by atoms with Gasteiger partial charge in [0, 0.05) is 6.54 Å². The van der Waals surface area contributed by atoms with E-state index in [4.69, 9.17) is 0 Å². The van der Waals surface area contributed by atoms with Gasteiger partial charge in [0.15, 0.2) is 0 Å². The second-order valence-corrected chi connectivity index (χ2v) is 7.65. The van der Waals surface area contributed by atoms with Crippen molar-refractivity contribution in [1.29, 1.82) is 0 Å². The standard InChI is InChI=1S/C14H15NO2S2/c16-19(17,14-5-2-8-18-14)15-10-11-6-7-12-3-1-4-13(12)9-11/h2,5-9,15H,1,3-4,10H2. The van der Waals surface area contributed by atoms with Crippen molar-refractivity contribution in [1.82, 2.24) is 4.72 Å². The van der Waals surface area contributed by atoms with Gasteiger partial charge in [-0.15, -0.1) is 11.3 Å². The molecule has 0 aliphatic heterocycles. The third-order valence-corrected chi connectivity index (χ3v) is 6.19. The maximum absolute atomic E-state index is 12.0. The lowest BCUT2D eigenvalue weighted by molar-refractivity contribution is 0.583. The number of aryl methyl sites for hydroxylation is 2. The van der Waals surface area contributed by atoms with Gasteiger partial charge in [0.05, 0.1) is 0 Å². The molecule has 0 atom stereocenters. The van der Waals surface area contributed by atoms with Gasteiger partial charge in [-0.25, -0.2) is 13.1 Å². The van der Waals surface area contributed by atoms with Gasteiger partial charge in [-0.05, 0) is 47.4 Å². The molecule has 1 aliphatic rings. The first-order valence-electron chi connectivity index (χ1n) is 6.29. The Morgan fingerprint density at radius 3 is 2.79 bits per heavy atom. The van der Waals surface area contributed by atoms with Crippen LogP contribution in [0.2, 0.25) is 0 Å². The van der Waals surface area contributed by atoms with Crippen LogP contribution < -0.4 is 4.72 Å². The van der Waals surface area contributed by atoms with Crippen molar-refractivity contribution in [3.8, 4) is 0 Å². The van der Waals surface area contributed by atoms with Crippen molar-refractivity contribution >= 4 is 21.4 Å². The molecule has 19 heavy (non-hydrogen) atoms. The summed E-state index contributed by atoms with van der Waals surface area (Å²) >= 11 is 1.23. The molecule has 1 aromatic carbocycles. The molecule has 0 bridgehead atoms. The molecule has 0 spiro atoms. The molecule has 3 nitrogen and oxygen atoms in total. The van der Waals surface area contributed by atoms with E-state index in [-0.39, 0.29) is 0 Å². The van der Waals surface area contributed by atoms with Gasteiger partial charge in [-0.3, -0.25) is 0 Å². The van der Waals surface area contributed by atoms with Crippen LogP contribution in [0.25, 0.3) is 0 Å². The fourth-order valence-electron chi connectivity index (χ4n) is 2.40. The Labute approximate surface area is 117 Å². The quantitative estimate of drug-likeness (QED) is 0.942.